The zero-order valence-electron chi connectivity index (χ0n) is 32.2. The van der Waals surface area contributed by atoms with Gasteiger partial charge >= 0.3 is 5.97 Å². The Bertz CT molecular complexity index is 1230. The number of hydrogen-bond acceptors (Lipinski definition) is 4. The second-order valence-electron chi connectivity index (χ2n) is 17.5. The number of esters is 1. The van der Waals surface area contributed by atoms with Crippen molar-refractivity contribution in [3.63, 3.8) is 0 Å². The van der Waals surface area contributed by atoms with E-state index >= 15 is 0 Å². The molecule has 4 saturated carbocycles. The Morgan fingerprint density at radius 2 is 0.927 bits per heavy atom. The van der Waals surface area contributed by atoms with Gasteiger partial charge in [0.25, 0.3) is 0 Å². The van der Waals surface area contributed by atoms with Gasteiger partial charge in [-0.1, -0.05) is 188 Å². The Hall–Kier alpha value is -2.17. The van der Waals surface area contributed by atoms with E-state index in [-0.39, 0.29) is 41.6 Å². The molecule has 6 rings (SSSR count). The molecule has 0 N–H and O–H groups in total. The van der Waals surface area contributed by atoms with Crippen molar-refractivity contribution in [1.82, 2.24) is 0 Å². The van der Waals surface area contributed by atoms with Crippen molar-refractivity contribution in [2.45, 2.75) is 191 Å². The highest BCUT2D eigenvalue weighted by Crippen LogP contribution is 2.43. The highest BCUT2D eigenvalue weighted by molar-refractivity contribution is 5.73. The van der Waals surface area contributed by atoms with Crippen LogP contribution in [0.1, 0.15) is 202 Å². The summed E-state index contributed by atoms with van der Waals surface area (Å²) < 4.78 is 6.51. The molecule has 4 heteroatoms. The van der Waals surface area contributed by atoms with E-state index in [4.69, 9.17) is 14.5 Å². The molecule has 0 bridgehead atoms. The molecule has 2 aromatic carbocycles. The van der Waals surface area contributed by atoms with Crippen LogP contribution >= 0.6 is 0 Å². The van der Waals surface area contributed by atoms with Crippen LogP contribution in [0.2, 0.25) is 0 Å². The molecule has 0 heterocycles. The molecule has 55 heavy (non-hydrogen) atoms. The number of carbonyl (C=O) groups is 1. The van der Waals surface area contributed by atoms with Crippen LogP contribution in [-0.4, -0.2) is 12.6 Å². The summed E-state index contributed by atoms with van der Waals surface area (Å²) in [5, 5.41) is 0. The zero-order chi connectivity index (χ0) is 35.3. The molecule has 2 aromatic rings. The summed E-state index contributed by atoms with van der Waals surface area (Å²) in [6.45, 7) is 5.28. The lowest BCUT2D eigenvalue weighted by Gasteiger charge is -2.35. The fourth-order valence-corrected chi connectivity index (χ4v) is 10.6. The van der Waals surface area contributed by atoms with Crippen LogP contribution in [0, 0.1) is 47.3 Å². The molecular weight excluding hydrogens is 677 g/mol. The van der Waals surface area contributed by atoms with Crippen LogP contribution in [0.3, 0.4) is 0 Å². The minimum Gasteiger partial charge on any atom is -0.454 e. The molecule has 0 spiro atoms. The van der Waals surface area contributed by atoms with E-state index in [1.807, 2.05) is 36.4 Å². The molecule has 314 valence electrons. The maximum atomic E-state index is 13.9. The number of hydrogen-bond donors (Lipinski definition) is 0. The minimum absolute atomic E-state index is 0. The van der Waals surface area contributed by atoms with Gasteiger partial charge in [-0.25, -0.2) is 9.78 Å². The van der Waals surface area contributed by atoms with Gasteiger partial charge in [0.15, 0.2) is 12.2 Å². The summed E-state index contributed by atoms with van der Waals surface area (Å²) in [5.74, 6) is 5.83. The molecule has 4 aliphatic carbocycles. The van der Waals surface area contributed by atoms with Crippen molar-refractivity contribution in [1.29, 1.82) is 0 Å². The summed E-state index contributed by atoms with van der Waals surface area (Å²) in [5.41, 5.74) is 1.92. The largest absolute Gasteiger partial charge is 0.454 e. The highest BCUT2D eigenvalue weighted by Gasteiger charge is 2.36. The lowest BCUT2D eigenvalue weighted by molar-refractivity contribution is -0.349. The summed E-state index contributed by atoms with van der Waals surface area (Å²) in [7, 11) is 0. The van der Waals surface area contributed by atoms with Gasteiger partial charge in [-0.05, 0) is 104 Å². The van der Waals surface area contributed by atoms with E-state index in [2.05, 4.69) is 38.1 Å². The van der Waals surface area contributed by atoms with Gasteiger partial charge < -0.3 is 4.74 Å². The lowest BCUT2D eigenvalue weighted by Crippen LogP contribution is -2.29. The number of carbonyl (C=O) groups excluding carboxylic acids is 1. The van der Waals surface area contributed by atoms with Crippen LogP contribution in [-0.2, 0) is 19.3 Å². The molecule has 0 radical (unpaired) electrons. The third kappa shape index (κ3) is 14.9. The van der Waals surface area contributed by atoms with Gasteiger partial charge in [0.05, 0.1) is 12.5 Å². The number of ether oxygens (including phenoxy) is 1. The van der Waals surface area contributed by atoms with E-state index in [0.717, 1.165) is 72.3 Å². The molecule has 0 aliphatic heterocycles. The number of benzene rings is 2. The van der Waals surface area contributed by atoms with Crippen molar-refractivity contribution < 1.29 is 19.3 Å². The van der Waals surface area contributed by atoms with Crippen LogP contribution in [0.25, 0.3) is 0 Å². The molecule has 4 fully saturated rings. The molecule has 0 unspecified atom stereocenters. The first-order valence-corrected chi connectivity index (χ1v) is 21.7. The van der Waals surface area contributed by atoms with Gasteiger partial charge in [0.1, 0.15) is 0 Å². The third-order valence-electron chi connectivity index (χ3n) is 13.9. The molecule has 0 aromatic heterocycles. The zero-order valence-corrected chi connectivity index (χ0v) is 32.2. The van der Waals surface area contributed by atoms with E-state index in [1.54, 1.807) is 0 Å². The summed E-state index contributed by atoms with van der Waals surface area (Å²) in [6, 6.07) is 20.4. The standard InChI is InChI=1S/C47H70O4.4CH4/c1-3-11-36-18-22-38(23-19-36)32-39-24-26-41(27-25-39)34-49-51-46(43-14-9-6-10-15-43)45(42-12-7-5-8-13-42)50-47(48)44-30-28-40(29-31-44)33-37-20-16-35(4-2)17-21-37;;;;/h5-10,12-15,35-41,44-46H,3-4,11,16-34H2,1-2H3;4*1H4/t35?,36?,37?,38?,39?,40?,41?,44?,45-,46-;;;;/m1..../s1. The van der Waals surface area contributed by atoms with Crippen LogP contribution in [0.15, 0.2) is 60.7 Å². The average Bonchev–Trinajstić information content (AvgIpc) is 3.18. The molecule has 0 amide bonds. The van der Waals surface area contributed by atoms with Gasteiger partial charge in [-0.3, -0.25) is 4.79 Å². The third-order valence-corrected chi connectivity index (χ3v) is 13.9. The van der Waals surface area contributed by atoms with Crippen LogP contribution in [0.5, 0.6) is 0 Å². The fraction of sp³-hybridized carbons (Fsp3) is 0.745. The van der Waals surface area contributed by atoms with Crippen molar-refractivity contribution in [2.75, 3.05) is 6.61 Å². The Morgan fingerprint density at radius 1 is 0.527 bits per heavy atom. The van der Waals surface area contributed by atoms with E-state index < -0.39 is 12.2 Å². The van der Waals surface area contributed by atoms with Crippen molar-refractivity contribution in [3.05, 3.63) is 71.8 Å². The normalized spacial score (nSPS) is 29.1. The Morgan fingerprint density at radius 3 is 1.38 bits per heavy atom. The van der Waals surface area contributed by atoms with Gasteiger partial charge in [-0.2, -0.15) is 0 Å². The monoisotopic (exact) mass is 763 g/mol. The maximum Gasteiger partial charge on any atom is 0.309 e. The molecule has 4 aliphatic rings. The second-order valence-corrected chi connectivity index (χ2v) is 17.5. The Labute approximate surface area is 340 Å². The number of rotatable bonds is 16. The maximum absolute atomic E-state index is 13.9. The van der Waals surface area contributed by atoms with Gasteiger partial charge in [-0.15, -0.1) is 0 Å². The Balaban J connectivity index is 0.00000261. The summed E-state index contributed by atoms with van der Waals surface area (Å²) in [6.07, 6.45) is 26.5. The smallest absolute Gasteiger partial charge is 0.309 e. The van der Waals surface area contributed by atoms with E-state index in [9.17, 15) is 4.79 Å². The summed E-state index contributed by atoms with van der Waals surface area (Å²) in [4.78, 5) is 26.4. The topological polar surface area (TPSA) is 44.8 Å². The van der Waals surface area contributed by atoms with E-state index in [0.29, 0.717) is 12.5 Å². The lowest BCUT2D eigenvalue weighted by atomic mass is 9.73. The van der Waals surface area contributed by atoms with Crippen molar-refractivity contribution in [2.24, 2.45) is 47.3 Å². The predicted octanol–water partition coefficient (Wildman–Crippen LogP) is 15.7. The second kappa shape index (κ2) is 26.0. The molecular formula is C51H86O4. The van der Waals surface area contributed by atoms with E-state index in [1.165, 1.54) is 109 Å². The minimum atomic E-state index is -0.573. The van der Waals surface area contributed by atoms with Crippen LogP contribution in [0.4, 0.5) is 0 Å². The fourth-order valence-electron chi connectivity index (χ4n) is 10.6. The molecule has 4 nitrogen and oxygen atoms in total. The molecule has 2 atom stereocenters. The van der Waals surface area contributed by atoms with Crippen LogP contribution < -0.4 is 0 Å². The van der Waals surface area contributed by atoms with Gasteiger partial charge in [0.2, 0.25) is 0 Å². The average molecular weight is 763 g/mol. The predicted molar refractivity (Wildman–Crippen MR) is 235 cm³/mol. The first kappa shape index (κ1) is 49.0. The Kier molecular flexibility index (Phi) is 23.1. The highest BCUT2D eigenvalue weighted by atomic mass is 17.2. The van der Waals surface area contributed by atoms with Crippen molar-refractivity contribution >= 4 is 5.97 Å². The summed E-state index contributed by atoms with van der Waals surface area (Å²) >= 11 is 0. The van der Waals surface area contributed by atoms with Crippen molar-refractivity contribution in [3.8, 4) is 0 Å². The SMILES string of the molecule is C.C.C.C.CCCC1CCC(CC2CCC(COO[C@H](c3ccccc3)[C@H](OC(=O)C3CCC(CC4CCC(CC)CC4)CC3)c3ccccc3)CC2)CC1. The first-order valence-electron chi connectivity index (χ1n) is 21.7. The molecule has 0 saturated heterocycles. The van der Waals surface area contributed by atoms with Gasteiger partial charge in [0, 0.05) is 0 Å². The quantitative estimate of drug-likeness (QED) is 0.0970. The first-order chi connectivity index (χ1) is 25.1.